The van der Waals surface area contributed by atoms with E-state index in [4.69, 9.17) is 9.47 Å². The molecule has 2 heterocycles. The molecule has 3 heteroatoms. The van der Waals surface area contributed by atoms with Crippen LogP contribution in [0.4, 0.5) is 0 Å². The second-order valence-electron chi connectivity index (χ2n) is 3.21. The zero-order valence-corrected chi connectivity index (χ0v) is 7.26. The topological polar surface area (TPSA) is 34.2 Å². The van der Waals surface area contributed by atoms with Crippen LogP contribution in [0.1, 0.15) is 5.69 Å². The number of H-pyrrole nitrogens is 1. The summed E-state index contributed by atoms with van der Waals surface area (Å²) in [4.78, 5) is 3.25. The SMILES string of the molecule is Cc1cc2c3c(ccc2[nH]1)OCO3. The van der Waals surface area contributed by atoms with Gasteiger partial charge in [0, 0.05) is 16.6 Å². The Morgan fingerprint density at radius 3 is 3.15 bits per heavy atom. The fourth-order valence-corrected chi connectivity index (χ4v) is 1.71. The first kappa shape index (κ1) is 6.83. The third-order valence-corrected chi connectivity index (χ3v) is 2.27. The molecule has 1 aromatic heterocycles. The molecule has 0 aliphatic carbocycles. The van der Waals surface area contributed by atoms with Gasteiger partial charge in [0.15, 0.2) is 11.5 Å². The molecule has 0 bridgehead atoms. The highest BCUT2D eigenvalue weighted by Gasteiger charge is 2.17. The van der Waals surface area contributed by atoms with Crippen LogP contribution >= 0.6 is 0 Å². The van der Waals surface area contributed by atoms with Crippen LogP contribution in [-0.2, 0) is 0 Å². The number of ether oxygens (including phenoxy) is 2. The van der Waals surface area contributed by atoms with E-state index in [0.29, 0.717) is 6.79 Å². The summed E-state index contributed by atoms with van der Waals surface area (Å²) in [7, 11) is 0. The third-order valence-electron chi connectivity index (χ3n) is 2.27. The molecule has 66 valence electrons. The van der Waals surface area contributed by atoms with Crippen molar-refractivity contribution in [2.75, 3.05) is 6.79 Å². The summed E-state index contributed by atoms with van der Waals surface area (Å²) in [5.74, 6) is 1.70. The number of rotatable bonds is 0. The minimum Gasteiger partial charge on any atom is -0.454 e. The number of aromatic amines is 1. The van der Waals surface area contributed by atoms with E-state index in [-0.39, 0.29) is 0 Å². The van der Waals surface area contributed by atoms with Crippen LogP contribution in [0.3, 0.4) is 0 Å². The molecule has 0 saturated heterocycles. The zero-order valence-electron chi connectivity index (χ0n) is 7.26. The Morgan fingerprint density at radius 2 is 2.23 bits per heavy atom. The number of nitrogens with one attached hydrogen (secondary N) is 1. The first-order valence-electron chi connectivity index (χ1n) is 4.22. The highest BCUT2D eigenvalue weighted by molar-refractivity contribution is 5.89. The first-order valence-corrected chi connectivity index (χ1v) is 4.22. The Kier molecular flexibility index (Phi) is 1.15. The van der Waals surface area contributed by atoms with Gasteiger partial charge >= 0.3 is 0 Å². The predicted molar refractivity (Wildman–Crippen MR) is 49.2 cm³/mol. The minimum atomic E-state index is 0.332. The first-order chi connectivity index (χ1) is 6.34. The van der Waals surface area contributed by atoms with E-state index in [1.807, 2.05) is 19.1 Å². The van der Waals surface area contributed by atoms with E-state index < -0.39 is 0 Å². The Labute approximate surface area is 75.3 Å². The summed E-state index contributed by atoms with van der Waals surface area (Å²) >= 11 is 0. The summed E-state index contributed by atoms with van der Waals surface area (Å²) in [6.07, 6.45) is 0. The standard InChI is InChI=1S/C10H9NO2/c1-6-4-7-8(11-6)2-3-9-10(7)13-5-12-9/h2-4,11H,5H2,1H3. The molecule has 0 amide bonds. The van der Waals surface area contributed by atoms with Crippen LogP contribution in [0.5, 0.6) is 11.5 Å². The molecule has 1 aliphatic rings. The molecule has 0 radical (unpaired) electrons. The Hall–Kier alpha value is -1.64. The molecule has 1 aromatic carbocycles. The van der Waals surface area contributed by atoms with Gasteiger partial charge in [0.2, 0.25) is 6.79 Å². The molecular weight excluding hydrogens is 166 g/mol. The molecule has 3 nitrogen and oxygen atoms in total. The van der Waals surface area contributed by atoms with Crippen molar-refractivity contribution < 1.29 is 9.47 Å². The third kappa shape index (κ3) is 0.840. The van der Waals surface area contributed by atoms with Crippen molar-refractivity contribution >= 4 is 10.9 Å². The average Bonchev–Trinajstić information content (AvgIpc) is 2.65. The van der Waals surface area contributed by atoms with Gasteiger partial charge < -0.3 is 14.5 Å². The lowest BCUT2D eigenvalue weighted by atomic mass is 10.2. The fraction of sp³-hybridized carbons (Fsp3) is 0.200. The molecule has 0 atom stereocenters. The number of benzene rings is 1. The van der Waals surface area contributed by atoms with Crippen molar-refractivity contribution in [3.8, 4) is 11.5 Å². The maximum Gasteiger partial charge on any atom is 0.231 e. The van der Waals surface area contributed by atoms with E-state index in [1.165, 1.54) is 0 Å². The van der Waals surface area contributed by atoms with Gasteiger partial charge in [-0.3, -0.25) is 0 Å². The Morgan fingerprint density at radius 1 is 1.31 bits per heavy atom. The second kappa shape index (κ2) is 2.19. The molecule has 0 saturated carbocycles. The molecule has 1 aliphatic heterocycles. The van der Waals surface area contributed by atoms with E-state index in [9.17, 15) is 0 Å². The average molecular weight is 175 g/mol. The smallest absolute Gasteiger partial charge is 0.231 e. The summed E-state index contributed by atoms with van der Waals surface area (Å²) in [5, 5.41) is 1.10. The Balaban J connectivity index is 2.42. The lowest BCUT2D eigenvalue weighted by molar-refractivity contribution is 0.175. The molecule has 3 rings (SSSR count). The fourth-order valence-electron chi connectivity index (χ4n) is 1.71. The van der Waals surface area contributed by atoms with E-state index in [2.05, 4.69) is 11.1 Å². The van der Waals surface area contributed by atoms with Crippen LogP contribution in [0.2, 0.25) is 0 Å². The van der Waals surface area contributed by atoms with Crippen LogP contribution in [0.15, 0.2) is 18.2 Å². The summed E-state index contributed by atoms with van der Waals surface area (Å²) in [6, 6.07) is 6.01. The maximum atomic E-state index is 5.38. The van der Waals surface area contributed by atoms with Gasteiger partial charge in [-0.2, -0.15) is 0 Å². The molecule has 2 aromatic rings. The summed E-state index contributed by atoms with van der Waals surface area (Å²) in [5.41, 5.74) is 2.24. The van der Waals surface area contributed by atoms with Crippen molar-refractivity contribution in [3.63, 3.8) is 0 Å². The predicted octanol–water partition coefficient (Wildman–Crippen LogP) is 2.21. The lowest BCUT2D eigenvalue weighted by Crippen LogP contribution is -1.93. The largest absolute Gasteiger partial charge is 0.454 e. The van der Waals surface area contributed by atoms with Crippen molar-refractivity contribution in [3.05, 3.63) is 23.9 Å². The van der Waals surface area contributed by atoms with Crippen LogP contribution < -0.4 is 9.47 Å². The molecule has 13 heavy (non-hydrogen) atoms. The second-order valence-corrected chi connectivity index (χ2v) is 3.21. The van der Waals surface area contributed by atoms with Crippen molar-refractivity contribution in [1.82, 2.24) is 4.98 Å². The number of hydrogen-bond acceptors (Lipinski definition) is 2. The van der Waals surface area contributed by atoms with Gasteiger partial charge in [-0.05, 0) is 25.1 Å². The maximum absolute atomic E-state index is 5.38. The van der Waals surface area contributed by atoms with Crippen LogP contribution in [-0.4, -0.2) is 11.8 Å². The zero-order chi connectivity index (χ0) is 8.84. The molecular formula is C10H9NO2. The van der Waals surface area contributed by atoms with E-state index in [1.54, 1.807) is 0 Å². The number of aromatic nitrogens is 1. The molecule has 1 N–H and O–H groups in total. The van der Waals surface area contributed by atoms with E-state index in [0.717, 1.165) is 28.1 Å². The van der Waals surface area contributed by atoms with Crippen molar-refractivity contribution in [2.45, 2.75) is 6.92 Å². The van der Waals surface area contributed by atoms with Crippen molar-refractivity contribution in [1.29, 1.82) is 0 Å². The molecule has 0 unspecified atom stereocenters. The van der Waals surface area contributed by atoms with Gasteiger partial charge in [0.25, 0.3) is 0 Å². The Bertz CT molecular complexity index is 473. The van der Waals surface area contributed by atoms with Gasteiger partial charge in [0.1, 0.15) is 0 Å². The number of hydrogen-bond donors (Lipinski definition) is 1. The lowest BCUT2D eigenvalue weighted by Gasteiger charge is -1.95. The van der Waals surface area contributed by atoms with Crippen LogP contribution in [0.25, 0.3) is 10.9 Å². The summed E-state index contributed by atoms with van der Waals surface area (Å²) < 4.78 is 10.7. The number of fused-ring (bicyclic) bond motifs is 3. The quantitative estimate of drug-likeness (QED) is 0.666. The normalized spacial score (nSPS) is 13.9. The van der Waals surface area contributed by atoms with Gasteiger partial charge in [0.05, 0.1) is 0 Å². The number of aryl methyl sites for hydroxylation is 1. The minimum absolute atomic E-state index is 0.332. The molecule has 0 spiro atoms. The van der Waals surface area contributed by atoms with Gasteiger partial charge in [-0.15, -0.1) is 0 Å². The summed E-state index contributed by atoms with van der Waals surface area (Å²) in [6.45, 7) is 2.36. The van der Waals surface area contributed by atoms with Gasteiger partial charge in [-0.25, -0.2) is 0 Å². The van der Waals surface area contributed by atoms with E-state index >= 15 is 0 Å². The van der Waals surface area contributed by atoms with Gasteiger partial charge in [-0.1, -0.05) is 0 Å². The highest BCUT2D eigenvalue weighted by atomic mass is 16.7. The highest BCUT2D eigenvalue weighted by Crippen LogP contribution is 2.39. The van der Waals surface area contributed by atoms with Crippen molar-refractivity contribution in [2.24, 2.45) is 0 Å². The monoisotopic (exact) mass is 175 g/mol. The molecule has 0 fully saturated rings. The van der Waals surface area contributed by atoms with Crippen LogP contribution in [0, 0.1) is 6.92 Å².